The van der Waals surface area contributed by atoms with E-state index in [1.54, 1.807) is 24.3 Å². The third-order valence-corrected chi connectivity index (χ3v) is 5.74. The Bertz CT molecular complexity index is 897. The van der Waals surface area contributed by atoms with Gasteiger partial charge in [-0.3, -0.25) is 0 Å². The number of benzene rings is 2. The fraction of sp³-hybridized carbons (Fsp3) is 0.440. The van der Waals surface area contributed by atoms with Gasteiger partial charge in [0, 0.05) is 18.7 Å². The van der Waals surface area contributed by atoms with Gasteiger partial charge in [-0.2, -0.15) is 10.5 Å². The molecule has 0 N–H and O–H groups in total. The summed E-state index contributed by atoms with van der Waals surface area (Å²) >= 11 is 0. The fourth-order valence-corrected chi connectivity index (χ4v) is 3.89. The lowest BCUT2D eigenvalue weighted by Gasteiger charge is -2.32. The molecule has 0 aliphatic carbocycles. The Morgan fingerprint density at radius 3 is 1.88 bits per heavy atom. The Hall–Kier alpha value is -3.16. The molecule has 0 amide bonds. The maximum atomic E-state index is 13.6. The lowest BCUT2D eigenvalue weighted by atomic mass is 9.92. The second-order valence-corrected chi connectivity index (χ2v) is 7.98. The quantitative estimate of drug-likeness (QED) is 0.485. The highest BCUT2D eigenvalue weighted by molar-refractivity contribution is 5.37. The summed E-state index contributed by atoms with van der Waals surface area (Å²) in [6.07, 6.45) is 5.16. The van der Waals surface area contributed by atoms with Gasteiger partial charge in [-0.25, -0.2) is 8.78 Å². The third kappa shape index (κ3) is 6.93. The van der Waals surface area contributed by atoms with Gasteiger partial charge >= 0.3 is 0 Å². The Kier molecular flexibility index (Phi) is 8.83. The van der Waals surface area contributed by atoms with E-state index in [1.165, 1.54) is 24.3 Å². The summed E-state index contributed by atoms with van der Waals surface area (Å²) in [7, 11) is 0. The molecule has 7 heteroatoms. The van der Waals surface area contributed by atoms with Gasteiger partial charge in [0.25, 0.3) is 0 Å². The number of nitrogens with zero attached hydrogens (tertiary/aromatic N) is 3. The van der Waals surface area contributed by atoms with Crippen LogP contribution in [0.3, 0.4) is 0 Å². The van der Waals surface area contributed by atoms with Crippen molar-refractivity contribution in [3.05, 3.63) is 59.2 Å². The molecule has 3 rings (SSSR count). The Morgan fingerprint density at radius 1 is 0.844 bits per heavy atom. The van der Waals surface area contributed by atoms with Crippen LogP contribution < -0.4 is 9.47 Å². The molecule has 5 nitrogen and oxygen atoms in total. The zero-order chi connectivity index (χ0) is 22.8. The minimum absolute atomic E-state index is 0.0231. The summed E-state index contributed by atoms with van der Waals surface area (Å²) in [6.45, 7) is 4.10. The maximum absolute atomic E-state index is 13.6. The molecule has 1 aliphatic rings. The number of nitriles is 2. The molecule has 1 aliphatic heterocycles. The molecule has 1 heterocycles. The van der Waals surface area contributed by atoms with Crippen LogP contribution in [0.4, 0.5) is 8.78 Å². The smallest absolute Gasteiger partial charge is 0.144 e. The van der Waals surface area contributed by atoms with Gasteiger partial charge in [-0.15, -0.1) is 0 Å². The predicted octanol–water partition coefficient (Wildman–Crippen LogP) is 5.05. The van der Waals surface area contributed by atoms with Crippen molar-refractivity contribution in [2.45, 2.75) is 32.1 Å². The molecule has 1 fully saturated rings. The molecule has 0 bridgehead atoms. The molecule has 32 heavy (non-hydrogen) atoms. The highest BCUT2D eigenvalue weighted by Crippen LogP contribution is 2.23. The van der Waals surface area contributed by atoms with Crippen molar-refractivity contribution < 1.29 is 18.3 Å². The van der Waals surface area contributed by atoms with Crippen LogP contribution in [0.25, 0.3) is 0 Å². The number of likely N-dealkylation sites (tertiary alicyclic amines) is 1. The first-order chi connectivity index (χ1) is 15.6. The van der Waals surface area contributed by atoms with E-state index in [-0.39, 0.29) is 11.1 Å². The number of piperidine rings is 1. The van der Waals surface area contributed by atoms with Crippen molar-refractivity contribution in [2.24, 2.45) is 5.92 Å². The molecule has 2 aromatic rings. The summed E-state index contributed by atoms with van der Waals surface area (Å²) in [5, 5.41) is 17.5. The Morgan fingerprint density at radius 2 is 1.38 bits per heavy atom. The van der Waals surface area contributed by atoms with Crippen LogP contribution >= 0.6 is 0 Å². The molecular formula is C25H27F2N3O2. The number of rotatable bonds is 10. The van der Waals surface area contributed by atoms with Crippen molar-refractivity contribution in [3.8, 4) is 23.6 Å². The van der Waals surface area contributed by atoms with Gasteiger partial charge in [-0.1, -0.05) is 0 Å². The zero-order valence-electron chi connectivity index (χ0n) is 18.0. The standard InChI is InChI=1S/C25H27F2N3O2/c26-24-15-22(6-4-20(24)17-28)31-13-1-3-19-8-11-30(12-9-19)10-2-14-32-23-7-5-21(18-29)25(27)16-23/h4-7,15-16,19H,1-3,8-14H2. The first-order valence-electron chi connectivity index (χ1n) is 11.0. The summed E-state index contributed by atoms with van der Waals surface area (Å²) in [5.41, 5.74) is 0.0498. The second kappa shape index (κ2) is 12.0. The fourth-order valence-electron chi connectivity index (χ4n) is 3.89. The van der Waals surface area contributed by atoms with Gasteiger partial charge in [0.05, 0.1) is 24.3 Å². The Labute approximate surface area is 187 Å². The lowest BCUT2D eigenvalue weighted by molar-refractivity contribution is 0.161. The normalized spacial score (nSPS) is 14.5. The molecule has 0 spiro atoms. The summed E-state index contributed by atoms with van der Waals surface area (Å²) in [4.78, 5) is 2.43. The molecular weight excluding hydrogens is 412 g/mol. The van der Waals surface area contributed by atoms with E-state index in [0.29, 0.717) is 30.6 Å². The lowest BCUT2D eigenvalue weighted by Crippen LogP contribution is -2.35. The summed E-state index contributed by atoms with van der Waals surface area (Å²) in [6, 6.07) is 12.2. The highest BCUT2D eigenvalue weighted by atomic mass is 19.1. The summed E-state index contributed by atoms with van der Waals surface area (Å²) < 4.78 is 38.4. The van der Waals surface area contributed by atoms with Crippen LogP contribution in [0, 0.1) is 40.2 Å². The number of hydrogen-bond donors (Lipinski definition) is 0. The van der Waals surface area contributed by atoms with Gasteiger partial charge in [-0.05, 0) is 75.4 Å². The average molecular weight is 440 g/mol. The van der Waals surface area contributed by atoms with E-state index < -0.39 is 11.6 Å². The third-order valence-electron chi connectivity index (χ3n) is 5.74. The minimum Gasteiger partial charge on any atom is -0.493 e. The molecule has 2 aromatic carbocycles. The monoisotopic (exact) mass is 439 g/mol. The van der Waals surface area contributed by atoms with E-state index in [9.17, 15) is 8.78 Å². The molecule has 0 atom stereocenters. The van der Waals surface area contributed by atoms with Crippen LogP contribution in [0.1, 0.15) is 43.2 Å². The molecule has 0 aromatic heterocycles. The van der Waals surface area contributed by atoms with E-state index in [4.69, 9.17) is 20.0 Å². The maximum Gasteiger partial charge on any atom is 0.144 e. The average Bonchev–Trinajstić information content (AvgIpc) is 2.80. The number of halogens is 2. The van der Waals surface area contributed by atoms with Crippen molar-refractivity contribution in [2.75, 3.05) is 32.8 Å². The first-order valence-corrected chi connectivity index (χ1v) is 11.0. The molecule has 0 saturated carbocycles. The Balaban J connectivity index is 1.25. The minimum atomic E-state index is -0.554. The predicted molar refractivity (Wildman–Crippen MR) is 116 cm³/mol. The van der Waals surface area contributed by atoms with E-state index in [0.717, 1.165) is 51.7 Å². The largest absolute Gasteiger partial charge is 0.493 e. The van der Waals surface area contributed by atoms with Crippen LogP contribution in [0.15, 0.2) is 36.4 Å². The van der Waals surface area contributed by atoms with Crippen molar-refractivity contribution in [1.29, 1.82) is 10.5 Å². The van der Waals surface area contributed by atoms with Gasteiger partial charge in [0.2, 0.25) is 0 Å². The number of hydrogen-bond acceptors (Lipinski definition) is 5. The van der Waals surface area contributed by atoms with Crippen molar-refractivity contribution >= 4 is 0 Å². The molecule has 168 valence electrons. The van der Waals surface area contributed by atoms with Gasteiger partial charge in [0.1, 0.15) is 35.3 Å². The van der Waals surface area contributed by atoms with E-state index in [2.05, 4.69) is 4.90 Å². The molecule has 0 unspecified atom stereocenters. The summed E-state index contributed by atoms with van der Waals surface area (Å²) in [5.74, 6) is 0.479. The van der Waals surface area contributed by atoms with Crippen molar-refractivity contribution in [1.82, 2.24) is 4.90 Å². The molecule has 0 radical (unpaired) electrons. The molecule has 1 saturated heterocycles. The number of ether oxygens (including phenoxy) is 2. The van der Waals surface area contributed by atoms with E-state index >= 15 is 0 Å². The van der Waals surface area contributed by atoms with Crippen LogP contribution in [-0.4, -0.2) is 37.7 Å². The van der Waals surface area contributed by atoms with Crippen molar-refractivity contribution in [3.63, 3.8) is 0 Å². The second-order valence-electron chi connectivity index (χ2n) is 7.98. The van der Waals surface area contributed by atoms with Crippen LogP contribution in [0.5, 0.6) is 11.5 Å². The van der Waals surface area contributed by atoms with Crippen LogP contribution in [-0.2, 0) is 0 Å². The van der Waals surface area contributed by atoms with Gasteiger partial charge < -0.3 is 14.4 Å². The topological polar surface area (TPSA) is 69.3 Å². The van der Waals surface area contributed by atoms with Crippen LogP contribution in [0.2, 0.25) is 0 Å². The zero-order valence-corrected chi connectivity index (χ0v) is 18.0. The SMILES string of the molecule is N#Cc1ccc(OCCCC2CCN(CCCOc3ccc(C#N)c(F)c3)CC2)cc1F. The van der Waals surface area contributed by atoms with Gasteiger partial charge in [0.15, 0.2) is 0 Å². The highest BCUT2D eigenvalue weighted by Gasteiger charge is 2.18. The first kappa shape index (κ1) is 23.5. The van der Waals surface area contributed by atoms with E-state index in [1.807, 2.05) is 0 Å².